The molecule has 7 nitrogen and oxygen atoms in total. The number of nitrogens with one attached hydrogen (secondary N) is 1. The second-order valence-electron chi connectivity index (χ2n) is 9.41. The van der Waals surface area contributed by atoms with Gasteiger partial charge in [0.25, 0.3) is 12.3 Å². The summed E-state index contributed by atoms with van der Waals surface area (Å²) in [6.45, 7) is 8.47. The first-order chi connectivity index (χ1) is 16.3. The number of carbonyl (C=O) groups is 1. The highest BCUT2D eigenvalue weighted by Crippen LogP contribution is 2.40. The molecule has 1 atom stereocenters. The largest absolute Gasteiger partial charge is 0.349 e. The van der Waals surface area contributed by atoms with Gasteiger partial charge in [0.15, 0.2) is 0 Å². The summed E-state index contributed by atoms with van der Waals surface area (Å²) >= 11 is 0. The second-order valence-corrected chi connectivity index (χ2v) is 9.41. The van der Waals surface area contributed by atoms with Gasteiger partial charge in [-0.3, -0.25) is 9.20 Å². The average Bonchev–Trinajstić information content (AvgIpc) is 3.19. The van der Waals surface area contributed by atoms with E-state index < -0.39 is 23.8 Å². The number of fused-ring (bicyclic) bond motifs is 1. The monoisotopic (exact) mass is 472 g/mol. The lowest BCUT2D eigenvalue weighted by Gasteiger charge is -2.60. The summed E-state index contributed by atoms with van der Waals surface area (Å²) in [4.78, 5) is 26.0. The molecule has 10 heteroatoms. The Bertz CT molecular complexity index is 1210. The van der Waals surface area contributed by atoms with Crippen LogP contribution in [0.3, 0.4) is 0 Å². The molecular formula is C24H27F3N6O. The van der Waals surface area contributed by atoms with Crippen LogP contribution in [0.4, 0.5) is 19.1 Å². The lowest BCUT2D eigenvalue weighted by Crippen LogP contribution is -2.72. The Labute approximate surface area is 195 Å². The predicted molar refractivity (Wildman–Crippen MR) is 121 cm³/mol. The van der Waals surface area contributed by atoms with E-state index in [0.29, 0.717) is 17.3 Å². The maximum Gasteiger partial charge on any atom is 0.274 e. The maximum absolute atomic E-state index is 14.6. The maximum atomic E-state index is 14.6. The van der Waals surface area contributed by atoms with Crippen molar-refractivity contribution in [1.29, 1.82) is 0 Å². The molecule has 0 aliphatic carbocycles. The predicted octanol–water partition coefficient (Wildman–Crippen LogP) is 4.15. The molecule has 0 saturated carbocycles. The van der Waals surface area contributed by atoms with Crippen molar-refractivity contribution in [1.82, 2.24) is 24.2 Å². The van der Waals surface area contributed by atoms with Crippen molar-refractivity contribution >= 4 is 17.5 Å². The van der Waals surface area contributed by atoms with E-state index in [0.717, 1.165) is 45.2 Å². The molecule has 0 unspecified atom stereocenters. The lowest BCUT2D eigenvalue weighted by molar-refractivity contribution is -0.0978. The molecule has 0 bridgehead atoms. The molecule has 4 heterocycles. The summed E-state index contributed by atoms with van der Waals surface area (Å²) < 4.78 is 42.4. The van der Waals surface area contributed by atoms with Gasteiger partial charge < -0.3 is 15.1 Å². The van der Waals surface area contributed by atoms with Crippen molar-refractivity contribution < 1.29 is 18.0 Å². The Morgan fingerprint density at radius 2 is 1.91 bits per heavy atom. The third kappa shape index (κ3) is 3.89. The van der Waals surface area contributed by atoms with Gasteiger partial charge in [-0.15, -0.1) is 0 Å². The van der Waals surface area contributed by atoms with Crippen molar-refractivity contribution in [3.8, 4) is 0 Å². The van der Waals surface area contributed by atoms with Crippen LogP contribution in [0.2, 0.25) is 0 Å². The summed E-state index contributed by atoms with van der Waals surface area (Å²) in [7, 11) is 0. The number of likely N-dealkylation sites (tertiary alicyclic amines) is 2. The van der Waals surface area contributed by atoms with E-state index in [1.807, 2.05) is 4.90 Å². The molecule has 2 saturated heterocycles. The Hall–Kier alpha value is -3.14. The Morgan fingerprint density at radius 1 is 1.18 bits per heavy atom. The van der Waals surface area contributed by atoms with Crippen LogP contribution < -0.4 is 5.32 Å². The van der Waals surface area contributed by atoms with Gasteiger partial charge in [0.2, 0.25) is 5.95 Å². The first-order valence-corrected chi connectivity index (χ1v) is 11.5. The van der Waals surface area contributed by atoms with Crippen molar-refractivity contribution in [2.75, 3.05) is 38.0 Å². The fraction of sp³-hybridized carbons (Fsp3) is 0.458. The fourth-order valence-electron chi connectivity index (χ4n) is 5.12. The van der Waals surface area contributed by atoms with Gasteiger partial charge in [0, 0.05) is 49.6 Å². The number of amides is 1. The number of aromatic nitrogens is 3. The van der Waals surface area contributed by atoms with E-state index >= 15 is 0 Å². The topological polar surface area (TPSA) is 65.8 Å². The molecule has 2 fully saturated rings. The fourth-order valence-corrected chi connectivity index (χ4v) is 5.12. The van der Waals surface area contributed by atoms with Crippen molar-refractivity contribution in [3.63, 3.8) is 0 Å². The van der Waals surface area contributed by atoms with Crippen LogP contribution in [0, 0.1) is 11.2 Å². The number of alkyl halides is 2. The molecule has 2 aliphatic heterocycles. The first kappa shape index (κ1) is 22.6. The minimum atomic E-state index is -2.90. The van der Waals surface area contributed by atoms with Crippen LogP contribution in [-0.4, -0.2) is 62.8 Å². The second kappa shape index (κ2) is 8.57. The first-order valence-electron chi connectivity index (χ1n) is 11.5. The molecule has 1 spiro atoms. The number of rotatable bonds is 7. The lowest BCUT2D eigenvalue weighted by atomic mass is 9.72. The zero-order chi connectivity index (χ0) is 24.0. The van der Waals surface area contributed by atoms with Gasteiger partial charge in [-0.25, -0.2) is 23.1 Å². The summed E-state index contributed by atoms with van der Waals surface area (Å²) in [5.74, 6) is -0.725. The van der Waals surface area contributed by atoms with Gasteiger partial charge in [-0.2, -0.15) is 0 Å². The molecule has 0 radical (unpaired) electrons. The SMILES string of the molecule is CCCN1CC2(C1)CN(C(=O)c1cn3c(N[C@H](C)c4cccc(C(F)F)c4F)nccc3n1)C2. The number of nitrogens with zero attached hydrogens (tertiary/aromatic N) is 5. The normalized spacial score (nSPS) is 18.2. The summed E-state index contributed by atoms with van der Waals surface area (Å²) in [6, 6.07) is 4.98. The van der Waals surface area contributed by atoms with E-state index in [2.05, 4.69) is 27.1 Å². The Morgan fingerprint density at radius 3 is 2.62 bits per heavy atom. The number of imidazole rings is 1. The third-order valence-corrected chi connectivity index (χ3v) is 6.70. The molecule has 3 aromatic rings. The minimum Gasteiger partial charge on any atom is -0.349 e. The molecule has 2 aliphatic rings. The third-order valence-electron chi connectivity index (χ3n) is 6.70. The smallest absolute Gasteiger partial charge is 0.274 e. The zero-order valence-electron chi connectivity index (χ0n) is 19.1. The zero-order valence-corrected chi connectivity index (χ0v) is 19.1. The highest BCUT2D eigenvalue weighted by molar-refractivity contribution is 5.93. The van der Waals surface area contributed by atoms with Crippen molar-refractivity contribution in [2.24, 2.45) is 5.41 Å². The van der Waals surface area contributed by atoms with Gasteiger partial charge >= 0.3 is 0 Å². The van der Waals surface area contributed by atoms with Crippen LogP contribution in [-0.2, 0) is 0 Å². The summed E-state index contributed by atoms with van der Waals surface area (Å²) in [5, 5.41) is 3.06. The molecule has 34 heavy (non-hydrogen) atoms. The van der Waals surface area contributed by atoms with Crippen LogP contribution in [0.25, 0.3) is 5.65 Å². The minimum absolute atomic E-state index is 0.108. The Kier molecular flexibility index (Phi) is 5.71. The van der Waals surface area contributed by atoms with Gasteiger partial charge in [-0.1, -0.05) is 25.1 Å². The van der Waals surface area contributed by atoms with E-state index in [9.17, 15) is 18.0 Å². The average molecular weight is 473 g/mol. The van der Waals surface area contributed by atoms with E-state index in [1.165, 1.54) is 18.3 Å². The number of anilines is 1. The van der Waals surface area contributed by atoms with Crippen molar-refractivity contribution in [2.45, 2.75) is 32.7 Å². The molecule has 180 valence electrons. The van der Waals surface area contributed by atoms with Crippen molar-refractivity contribution in [3.05, 3.63) is 59.3 Å². The van der Waals surface area contributed by atoms with Crippen LogP contribution in [0.5, 0.6) is 0 Å². The molecule has 1 amide bonds. The van der Waals surface area contributed by atoms with Crippen LogP contribution >= 0.6 is 0 Å². The van der Waals surface area contributed by atoms with E-state index in [1.54, 1.807) is 23.6 Å². The standard InChI is InChI=1S/C24H27F3N6O/c1-3-9-31-11-24(12-31)13-32(14-24)22(34)18-10-33-19(30-18)7-8-28-23(33)29-15(2)16-5-4-6-17(20(16)25)21(26)27/h4-8,10,15,21H,3,9,11-14H2,1-2H3,(H,28,29)/t15-/m1/s1. The van der Waals surface area contributed by atoms with Gasteiger partial charge in [0.1, 0.15) is 17.2 Å². The number of hydrogen-bond donors (Lipinski definition) is 1. The molecule has 1 N–H and O–H groups in total. The summed E-state index contributed by atoms with van der Waals surface area (Å²) in [5.41, 5.74) is 0.530. The quantitative estimate of drug-likeness (QED) is 0.560. The number of hydrogen-bond acceptors (Lipinski definition) is 5. The van der Waals surface area contributed by atoms with Crippen LogP contribution in [0.1, 0.15) is 54.4 Å². The highest BCUT2D eigenvalue weighted by Gasteiger charge is 2.52. The molecular weight excluding hydrogens is 445 g/mol. The summed E-state index contributed by atoms with van der Waals surface area (Å²) in [6.07, 6.45) is 1.38. The van der Waals surface area contributed by atoms with E-state index in [-0.39, 0.29) is 16.9 Å². The number of benzene rings is 1. The Balaban J connectivity index is 1.31. The molecule has 2 aromatic heterocycles. The van der Waals surface area contributed by atoms with Gasteiger partial charge in [0.05, 0.1) is 11.6 Å². The number of carbonyl (C=O) groups excluding carboxylic acids is 1. The van der Waals surface area contributed by atoms with Crippen LogP contribution in [0.15, 0.2) is 36.7 Å². The number of halogens is 3. The highest BCUT2D eigenvalue weighted by atomic mass is 19.3. The van der Waals surface area contributed by atoms with Gasteiger partial charge in [-0.05, 0) is 26.0 Å². The molecule has 1 aromatic carbocycles. The van der Waals surface area contributed by atoms with E-state index in [4.69, 9.17) is 0 Å². The molecule has 5 rings (SSSR count).